The van der Waals surface area contributed by atoms with Crippen LogP contribution in [0.3, 0.4) is 0 Å². The molecule has 0 bridgehead atoms. The van der Waals surface area contributed by atoms with Crippen molar-refractivity contribution < 1.29 is 51.0 Å². The van der Waals surface area contributed by atoms with Crippen LogP contribution in [0.15, 0.2) is 121 Å². The smallest absolute Gasteiger partial charge is 0.418 e. The Bertz CT molecular complexity index is 1390. The fourth-order valence-electron chi connectivity index (χ4n) is 7.45. The zero-order valence-corrected chi connectivity index (χ0v) is 39.2. The van der Waals surface area contributed by atoms with Crippen LogP contribution in [0.25, 0.3) is 0 Å². The van der Waals surface area contributed by atoms with Crippen molar-refractivity contribution in [3.63, 3.8) is 0 Å². The van der Waals surface area contributed by atoms with Crippen LogP contribution in [-0.4, -0.2) is 87.2 Å². The maximum atomic E-state index is 9.75. The van der Waals surface area contributed by atoms with E-state index in [0.717, 1.165) is 0 Å². The SMILES string of the molecule is CCCN1C[PH+](c2ccccc2)CCCC[PH+](c2ccccc2)CN(CCC)C[PH+](c2ccccc2)CCCC[PH+](c2ccccc2)C1.F[B-](F)(F)F.F[B-](F)(F)F.[Ni+2]. The Morgan fingerprint density at radius 3 is 0.746 bits per heavy atom. The van der Waals surface area contributed by atoms with Crippen LogP contribution in [0.1, 0.15) is 52.4 Å². The second kappa shape index (κ2) is 29.8. The summed E-state index contributed by atoms with van der Waals surface area (Å²) in [7, 11) is -14.7. The average molecular weight is 951 g/mol. The first-order valence-electron chi connectivity index (χ1n) is 20.5. The summed E-state index contributed by atoms with van der Waals surface area (Å²) in [4.78, 5) is 5.85. The molecule has 4 atom stereocenters. The molecule has 1 aliphatic heterocycles. The van der Waals surface area contributed by atoms with E-state index in [-0.39, 0.29) is 16.5 Å². The molecule has 2 nitrogen and oxygen atoms in total. The standard InChI is InChI=1S/C42H58N2P4.2BF4.Ni/c1-3-29-43-35-45(39-21-9-5-10-22-39)31-17-19-33-47(41-25-13-7-14-26-41)37-44(30-4-2)38-48(42-27-15-8-16-28-42)34-20-18-32-46(36-43)40-23-11-6-12-24-40;2*2-1(3,4)5;/h5-16,21-28H,3-4,17-20,29-38H2,1-2H3;;;/q;2*-1;+2/p+4. The molecule has 1 heterocycles. The van der Waals surface area contributed by atoms with Gasteiger partial charge in [-0.25, -0.2) is 9.80 Å². The summed E-state index contributed by atoms with van der Waals surface area (Å²) in [6, 6.07) is 46.6. The van der Waals surface area contributed by atoms with Crippen LogP contribution < -0.4 is 21.2 Å². The first-order chi connectivity index (χ1) is 27.7. The van der Waals surface area contributed by atoms with Gasteiger partial charge < -0.3 is 34.5 Å². The van der Waals surface area contributed by atoms with Gasteiger partial charge in [-0.2, -0.15) is 0 Å². The number of hydrogen-bond donors (Lipinski definition) is 0. The van der Waals surface area contributed by atoms with Crippen molar-refractivity contribution >= 4 is 67.4 Å². The molecule has 0 aromatic heterocycles. The van der Waals surface area contributed by atoms with E-state index in [0.29, 0.717) is 0 Å². The molecule has 0 radical (unpaired) electrons. The second-order valence-corrected chi connectivity index (χ2v) is 25.1. The molecule has 328 valence electrons. The van der Waals surface area contributed by atoms with E-state index < -0.39 is 46.2 Å². The van der Waals surface area contributed by atoms with E-state index in [1.165, 1.54) is 101 Å². The Hall–Kier alpha value is -1.42. The number of nitrogens with zero attached hydrogens (tertiary/aromatic N) is 2. The first kappa shape index (κ1) is 53.7. The van der Waals surface area contributed by atoms with Gasteiger partial charge in [-0.15, -0.1) is 0 Å². The maximum absolute atomic E-state index is 9.75. The molecule has 5 rings (SSSR count). The van der Waals surface area contributed by atoms with Gasteiger partial charge in [0.05, 0.1) is 45.9 Å². The van der Waals surface area contributed by atoms with Crippen LogP contribution >= 0.6 is 31.7 Å². The third-order valence-corrected chi connectivity index (χ3v) is 21.6. The maximum Gasteiger partial charge on any atom is 2.00 e. The van der Waals surface area contributed by atoms with Gasteiger partial charge in [-0.1, -0.05) is 86.6 Å². The summed E-state index contributed by atoms with van der Waals surface area (Å²) in [5.41, 5.74) is 0. The summed E-state index contributed by atoms with van der Waals surface area (Å²) in [5, 5.41) is 6.57. The molecule has 17 heteroatoms. The molecule has 4 unspecified atom stereocenters. The summed E-state index contributed by atoms with van der Waals surface area (Å²) >= 11 is 0. The monoisotopic (exact) mass is 950 g/mol. The summed E-state index contributed by atoms with van der Waals surface area (Å²) in [6.07, 6.45) is 18.7. The third kappa shape index (κ3) is 24.7. The van der Waals surface area contributed by atoms with Crippen LogP contribution in [0.4, 0.5) is 34.5 Å². The van der Waals surface area contributed by atoms with Gasteiger partial charge in [-0.05, 0) is 87.1 Å². The fraction of sp³-hybridized carbons (Fsp3) is 0.429. The summed E-state index contributed by atoms with van der Waals surface area (Å²) in [6.45, 7) is 7.24. The van der Waals surface area contributed by atoms with E-state index in [4.69, 9.17) is 0 Å². The number of rotatable bonds is 8. The van der Waals surface area contributed by atoms with E-state index in [9.17, 15) is 34.5 Å². The van der Waals surface area contributed by atoms with Gasteiger partial charge in [0.15, 0.2) is 0 Å². The Morgan fingerprint density at radius 1 is 0.390 bits per heavy atom. The molecule has 1 fully saturated rings. The van der Waals surface area contributed by atoms with Crippen molar-refractivity contribution in [2.75, 3.05) is 62.9 Å². The summed E-state index contributed by atoms with van der Waals surface area (Å²) in [5.74, 6) is 0. The number of hydrogen-bond acceptors (Lipinski definition) is 2. The predicted octanol–water partition coefficient (Wildman–Crippen LogP) is 11.6. The second-order valence-electron chi connectivity index (χ2n) is 14.7. The molecule has 1 saturated heterocycles. The van der Waals surface area contributed by atoms with E-state index in [1.54, 1.807) is 21.2 Å². The normalized spacial score (nSPS) is 20.9. The Balaban J connectivity index is 0.000000975. The molecule has 4 aromatic carbocycles. The van der Waals surface area contributed by atoms with Gasteiger partial charge in [0, 0.05) is 44.8 Å². The minimum atomic E-state index is -6.00. The largest absolute Gasteiger partial charge is 2.00 e. The van der Waals surface area contributed by atoms with Crippen molar-refractivity contribution in [1.82, 2.24) is 9.80 Å². The molecule has 59 heavy (non-hydrogen) atoms. The molecule has 4 aromatic rings. The Kier molecular flexibility index (Phi) is 27.1. The number of benzene rings is 4. The zero-order chi connectivity index (χ0) is 42.2. The molecule has 1 aliphatic rings. The van der Waals surface area contributed by atoms with Gasteiger partial charge >= 0.3 is 31.0 Å². The molecular formula is C42H62B2F8N2NiP4+4. The zero-order valence-electron chi connectivity index (χ0n) is 34.2. The van der Waals surface area contributed by atoms with E-state index >= 15 is 0 Å². The summed E-state index contributed by atoms with van der Waals surface area (Å²) < 4.78 is 78.0. The van der Waals surface area contributed by atoms with Crippen molar-refractivity contribution in [1.29, 1.82) is 0 Å². The van der Waals surface area contributed by atoms with Crippen molar-refractivity contribution in [2.24, 2.45) is 0 Å². The Morgan fingerprint density at radius 2 is 0.576 bits per heavy atom. The van der Waals surface area contributed by atoms with Gasteiger partial charge in [0.2, 0.25) is 0 Å². The van der Waals surface area contributed by atoms with Crippen LogP contribution in [0, 0.1) is 0 Å². The van der Waals surface area contributed by atoms with Gasteiger partial charge in [0.25, 0.3) is 0 Å². The molecule has 0 N–H and O–H groups in total. The molecule has 0 spiro atoms. The minimum absolute atomic E-state index is 0. The Labute approximate surface area is 363 Å². The quantitative estimate of drug-likeness (QED) is 0.0987. The topological polar surface area (TPSA) is 6.48 Å². The van der Waals surface area contributed by atoms with Crippen molar-refractivity contribution in [2.45, 2.75) is 52.4 Å². The molecule has 0 amide bonds. The van der Waals surface area contributed by atoms with E-state index in [1.807, 2.05) is 0 Å². The van der Waals surface area contributed by atoms with Crippen LogP contribution in [0.2, 0.25) is 0 Å². The van der Waals surface area contributed by atoms with Gasteiger partial charge in [-0.3, -0.25) is 0 Å². The molecule has 0 saturated carbocycles. The van der Waals surface area contributed by atoms with Crippen molar-refractivity contribution in [3.8, 4) is 0 Å². The van der Waals surface area contributed by atoms with Gasteiger partial charge in [0.1, 0.15) is 25.1 Å². The predicted molar refractivity (Wildman–Crippen MR) is 249 cm³/mol. The average Bonchev–Trinajstić information content (AvgIpc) is 3.19. The third-order valence-electron chi connectivity index (χ3n) is 9.88. The van der Waals surface area contributed by atoms with Crippen LogP contribution in [-0.2, 0) is 16.5 Å². The van der Waals surface area contributed by atoms with Crippen LogP contribution in [0.5, 0.6) is 0 Å². The van der Waals surface area contributed by atoms with E-state index in [2.05, 4.69) is 145 Å². The molecular weight excluding hydrogens is 889 g/mol. The number of halogens is 8. The first-order valence-corrected chi connectivity index (χ1v) is 28.2. The van der Waals surface area contributed by atoms with Crippen molar-refractivity contribution in [3.05, 3.63) is 121 Å². The fourth-order valence-corrected chi connectivity index (χ4v) is 19.0. The molecule has 0 aliphatic carbocycles. The minimum Gasteiger partial charge on any atom is -0.418 e.